The molecule has 4 rings (SSSR count). The molecule has 1 fully saturated rings. The lowest BCUT2D eigenvalue weighted by molar-refractivity contribution is -0.149. The minimum atomic E-state index is -0.0336. The third-order valence-electron chi connectivity index (χ3n) is 6.40. The fourth-order valence-electron chi connectivity index (χ4n) is 4.74. The van der Waals surface area contributed by atoms with Crippen LogP contribution in [0.4, 0.5) is 11.4 Å². The zero-order chi connectivity index (χ0) is 21.8. The number of aryl methyl sites for hydroxylation is 2. The molecule has 0 saturated carbocycles. The van der Waals surface area contributed by atoms with Gasteiger partial charge in [-0.2, -0.15) is 0 Å². The maximum Gasteiger partial charge on any atom is 0.309 e. The lowest BCUT2D eigenvalue weighted by atomic mass is 9.97. The molecule has 0 aromatic heterocycles. The van der Waals surface area contributed by atoms with Gasteiger partial charge in [-0.15, -0.1) is 0 Å². The second-order valence-electron chi connectivity index (χ2n) is 8.42. The second-order valence-corrected chi connectivity index (χ2v) is 9.29. The van der Waals surface area contributed by atoms with Crippen LogP contribution in [0.15, 0.2) is 36.4 Å². The van der Waals surface area contributed by atoms with Crippen molar-refractivity contribution in [3.63, 3.8) is 0 Å². The average molecular weight is 461 g/mol. The van der Waals surface area contributed by atoms with Gasteiger partial charge < -0.3 is 14.5 Å². The van der Waals surface area contributed by atoms with Crippen molar-refractivity contribution in [1.82, 2.24) is 4.90 Å². The van der Waals surface area contributed by atoms with Crippen LogP contribution < -0.4 is 4.90 Å². The van der Waals surface area contributed by atoms with E-state index in [1.807, 2.05) is 19.1 Å². The normalized spacial score (nSPS) is 17.1. The van der Waals surface area contributed by atoms with E-state index in [-0.39, 0.29) is 11.9 Å². The summed E-state index contributed by atoms with van der Waals surface area (Å²) in [6.07, 6.45) is 4.80. The number of ether oxygens (including phenoxy) is 1. The Hall–Kier alpha value is -1.75. The van der Waals surface area contributed by atoms with Crippen molar-refractivity contribution >= 4 is 40.5 Å². The Kier molecular flexibility index (Phi) is 7.42. The number of hydrogen-bond donors (Lipinski definition) is 0. The van der Waals surface area contributed by atoms with E-state index in [4.69, 9.17) is 27.9 Å². The largest absolute Gasteiger partial charge is 0.466 e. The Balaban J connectivity index is 1.43. The SMILES string of the molecule is CCOC(=O)C1CCN(CCCN2c3cc(Cl)ccc3CCc3ccc(Cl)cc32)CC1. The standard InChI is InChI=1S/C25H30Cl2N2O2/c1-2-31-25(30)20-10-14-28(15-11-20)12-3-13-29-23-16-21(26)8-6-18(23)4-5-19-7-9-22(27)17-24(19)29/h6-9,16-17,20H,2-5,10-15H2,1H3. The first-order valence-electron chi connectivity index (χ1n) is 11.3. The van der Waals surface area contributed by atoms with Crippen molar-refractivity contribution in [1.29, 1.82) is 0 Å². The number of carbonyl (C=O) groups excluding carboxylic acids is 1. The van der Waals surface area contributed by atoms with Gasteiger partial charge in [0.1, 0.15) is 0 Å². The summed E-state index contributed by atoms with van der Waals surface area (Å²) in [7, 11) is 0. The van der Waals surface area contributed by atoms with Crippen molar-refractivity contribution in [3.05, 3.63) is 57.6 Å². The van der Waals surface area contributed by atoms with Crippen LogP contribution in [0.5, 0.6) is 0 Å². The number of piperidine rings is 1. The van der Waals surface area contributed by atoms with Gasteiger partial charge in [-0.1, -0.05) is 35.3 Å². The minimum Gasteiger partial charge on any atom is -0.466 e. The Morgan fingerprint density at radius 2 is 1.55 bits per heavy atom. The van der Waals surface area contributed by atoms with Crippen LogP contribution in [0.2, 0.25) is 10.0 Å². The molecule has 31 heavy (non-hydrogen) atoms. The van der Waals surface area contributed by atoms with E-state index in [0.29, 0.717) is 6.61 Å². The predicted molar refractivity (Wildman–Crippen MR) is 128 cm³/mol. The number of esters is 1. The lowest BCUT2D eigenvalue weighted by Gasteiger charge is -2.32. The quantitative estimate of drug-likeness (QED) is 0.502. The highest BCUT2D eigenvalue weighted by molar-refractivity contribution is 6.31. The average Bonchev–Trinajstić information content (AvgIpc) is 2.91. The monoisotopic (exact) mass is 460 g/mol. The highest BCUT2D eigenvalue weighted by Crippen LogP contribution is 2.38. The molecule has 2 heterocycles. The van der Waals surface area contributed by atoms with Crippen molar-refractivity contribution in [2.24, 2.45) is 5.92 Å². The third kappa shape index (κ3) is 5.36. The van der Waals surface area contributed by atoms with Crippen molar-refractivity contribution < 1.29 is 9.53 Å². The summed E-state index contributed by atoms with van der Waals surface area (Å²) in [6, 6.07) is 12.4. The smallest absolute Gasteiger partial charge is 0.309 e. The number of halogens is 2. The summed E-state index contributed by atoms with van der Waals surface area (Å²) < 4.78 is 5.19. The van der Waals surface area contributed by atoms with Crippen molar-refractivity contribution in [2.45, 2.75) is 39.0 Å². The zero-order valence-electron chi connectivity index (χ0n) is 18.1. The van der Waals surface area contributed by atoms with E-state index in [0.717, 1.165) is 68.3 Å². The molecule has 0 radical (unpaired) electrons. The van der Waals surface area contributed by atoms with E-state index < -0.39 is 0 Å². The summed E-state index contributed by atoms with van der Waals surface area (Å²) in [6.45, 7) is 6.15. The molecule has 2 aliphatic heterocycles. The van der Waals surface area contributed by atoms with Gasteiger partial charge in [0, 0.05) is 28.0 Å². The van der Waals surface area contributed by atoms with Crippen LogP contribution in [0.3, 0.4) is 0 Å². The highest BCUT2D eigenvalue weighted by atomic mass is 35.5. The van der Waals surface area contributed by atoms with Crippen molar-refractivity contribution in [3.8, 4) is 0 Å². The van der Waals surface area contributed by atoms with E-state index >= 15 is 0 Å². The van der Waals surface area contributed by atoms with Gasteiger partial charge in [-0.05, 0) is 94.1 Å². The summed E-state index contributed by atoms with van der Waals surface area (Å²) in [4.78, 5) is 16.8. The molecule has 166 valence electrons. The molecule has 2 aromatic carbocycles. The fourth-order valence-corrected chi connectivity index (χ4v) is 5.08. The Bertz CT molecular complexity index is 872. The summed E-state index contributed by atoms with van der Waals surface area (Å²) in [5.41, 5.74) is 5.03. The Morgan fingerprint density at radius 1 is 0.968 bits per heavy atom. The molecule has 0 bridgehead atoms. The molecule has 6 heteroatoms. The molecular weight excluding hydrogens is 431 g/mol. The molecule has 0 spiro atoms. The molecule has 0 amide bonds. The van der Waals surface area contributed by atoms with Crippen LogP contribution >= 0.6 is 23.2 Å². The number of rotatable bonds is 6. The van der Waals surface area contributed by atoms with Gasteiger partial charge in [0.2, 0.25) is 0 Å². The number of nitrogens with zero attached hydrogens (tertiary/aromatic N) is 2. The number of hydrogen-bond acceptors (Lipinski definition) is 4. The fraction of sp³-hybridized carbons (Fsp3) is 0.480. The molecule has 0 N–H and O–H groups in total. The zero-order valence-corrected chi connectivity index (χ0v) is 19.6. The third-order valence-corrected chi connectivity index (χ3v) is 6.87. The summed E-state index contributed by atoms with van der Waals surface area (Å²) in [5.74, 6) is 0.0264. The predicted octanol–water partition coefficient (Wildman–Crippen LogP) is 5.90. The maximum atomic E-state index is 12.0. The van der Waals surface area contributed by atoms with Gasteiger partial charge in [-0.3, -0.25) is 4.79 Å². The summed E-state index contributed by atoms with van der Waals surface area (Å²) >= 11 is 12.7. The molecule has 4 nitrogen and oxygen atoms in total. The van der Waals surface area contributed by atoms with E-state index in [1.165, 1.54) is 22.5 Å². The first-order valence-corrected chi connectivity index (χ1v) is 12.0. The molecule has 0 unspecified atom stereocenters. The van der Waals surface area contributed by atoms with E-state index in [9.17, 15) is 4.79 Å². The highest BCUT2D eigenvalue weighted by Gasteiger charge is 2.26. The molecule has 1 saturated heterocycles. The van der Waals surface area contributed by atoms with Gasteiger partial charge in [0.15, 0.2) is 0 Å². The lowest BCUT2D eigenvalue weighted by Crippen LogP contribution is -2.38. The van der Waals surface area contributed by atoms with Crippen LogP contribution in [-0.2, 0) is 22.4 Å². The van der Waals surface area contributed by atoms with Gasteiger partial charge in [0.05, 0.1) is 12.5 Å². The van der Waals surface area contributed by atoms with Crippen LogP contribution in [0, 0.1) is 5.92 Å². The molecule has 0 aliphatic carbocycles. The van der Waals surface area contributed by atoms with Gasteiger partial charge >= 0.3 is 5.97 Å². The number of benzene rings is 2. The first-order chi connectivity index (χ1) is 15.0. The molecular formula is C25H30Cl2N2O2. The number of likely N-dealkylation sites (tertiary alicyclic amines) is 1. The van der Waals surface area contributed by atoms with Gasteiger partial charge in [-0.25, -0.2) is 0 Å². The van der Waals surface area contributed by atoms with E-state index in [2.05, 4.69) is 34.1 Å². The van der Waals surface area contributed by atoms with Crippen LogP contribution in [0.25, 0.3) is 0 Å². The Labute approximate surface area is 195 Å². The van der Waals surface area contributed by atoms with Crippen LogP contribution in [-0.4, -0.2) is 43.7 Å². The maximum absolute atomic E-state index is 12.0. The van der Waals surface area contributed by atoms with E-state index in [1.54, 1.807) is 0 Å². The number of carbonyl (C=O) groups is 1. The molecule has 0 atom stereocenters. The topological polar surface area (TPSA) is 32.8 Å². The van der Waals surface area contributed by atoms with Crippen LogP contribution in [0.1, 0.15) is 37.3 Å². The number of anilines is 2. The molecule has 2 aliphatic rings. The van der Waals surface area contributed by atoms with Crippen molar-refractivity contribution in [2.75, 3.05) is 37.7 Å². The minimum absolute atomic E-state index is 0.0336. The number of fused-ring (bicyclic) bond motifs is 2. The molecule has 2 aromatic rings. The summed E-state index contributed by atoms with van der Waals surface area (Å²) in [5, 5.41) is 1.52. The Morgan fingerprint density at radius 3 is 2.10 bits per heavy atom. The second kappa shape index (κ2) is 10.2. The first kappa shape index (κ1) is 22.4. The van der Waals surface area contributed by atoms with Gasteiger partial charge in [0.25, 0.3) is 0 Å².